The number of hydrogen-bond acceptors (Lipinski definition) is 3. The summed E-state index contributed by atoms with van der Waals surface area (Å²) in [4.78, 5) is 19.8. The molecular formula is C6H8O2S. The molecule has 0 aromatic carbocycles. The predicted octanol–water partition coefficient (Wildman–Crippen LogP) is 0.716. The van der Waals surface area contributed by atoms with Crippen LogP contribution < -0.4 is 0 Å². The molecule has 0 spiro atoms. The minimum Gasteiger partial charge on any atom is -0.290 e. The molecule has 0 rings (SSSR count). The molecule has 0 aliphatic rings. The molecule has 2 nitrogen and oxygen atoms in total. The maximum atomic E-state index is 9.88. The van der Waals surface area contributed by atoms with Gasteiger partial charge >= 0.3 is 0 Å². The van der Waals surface area contributed by atoms with Crippen molar-refractivity contribution >= 4 is 24.3 Å². The Morgan fingerprint density at radius 1 is 1.11 bits per heavy atom. The third-order valence-corrected chi connectivity index (χ3v) is 1.75. The fourth-order valence-corrected chi connectivity index (χ4v) is 1.09. The van der Waals surface area contributed by atoms with E-state index in [-0.39, 0.29) is 10.5 Å². The Balaban J connectivity index is 3.45. The third kappa shape index (κ3) is 4.21. The molecule has 0 N–H and O–H groups in total. The lowest BCUT2D eigenvalue weighted by Gasteiger charge is -2.02. The van der Waals surface area contributed by atoms with E-state index < -0.39 is 0 Å². The molecule has 0 bridgehead atoms. The van der Waals surface area contributed by atoms with Crippen LogP contribution in [-0.2, 0) is 9.59 Å². The Labute approximate surface area is 59.0 Å². The highest BCUT2D eigenvalue weighted by atomic mass is 32.2. The first-order valence-electron chi connectivity index (χ1n) is 2.61. The zero-order valence-corrected chi connectivity index (χ0v) is 6.20. The van der Waals surface area contributed by atoms with Crippen molar-refractivity contribution in [2.24, 2.45) is 0 Å². The molecule has 0 saturated carbocycles. The zero-order valence-electron chi connectivity index (χ0n) is 5.38. The van der Waals surface area contributed by atoms with Crippen molar-refractivity contribution in [2.45, 2.75) is 24.3 Å². The van der Waals surface area contributed by atoms with Crippen molar-refractivity contribution in [3.8, 4) is 0 Å². The Bertz CT molecular complexity index is 91.2. The van der Waals surface area contributed by atoms with Crippen LogP contribution in [0.5, 0.6) is 0 Å². The van der Waals surface area contributed by atoms with Crippen molar-refractivity contribution in [2.75, 3.05) is 0 Å². The summed E-state index contributed by atoms with van der Waals surface area (Å²) in [6.45, 7) is 3.40. The van der Waals surface area contributed by atoms with E-state index in [2.05, 4.69) is 0 Å². The van der Waals surface area contributed by atoms with Crippen LogP contribution in [0.15, 0.2) is 0 Å². The van der Waals surface area contributed by atoms with Gasteiger partial charge in [0.1, 0.15) is 0 Å². The first-order valence-corrected chi connectivity index (χ1v) is 3.55. The van der Waals surface area contributed by atoms with Gasteiger partial charge in [0.15, 0.2) is 0 Å². The monoisotopic (exact) mass is 144 g/mol. The quantitative estimate of drug-likeness (QED) is 0.583. The second-order valence-electron chi connectivity index (χ2n) is 1.66. The van der Waals surface area contributed by atoms with Crippen LogP contribution in [0.1, 0.15) is 13.8 Å². The van der Waals surface area contributed by atoms with Crippen LogP contribution in [-0.4, -0.2) is 23.1 Å². The minimum atomic E-state index is -0.221. The summed E-state index contributed by atoms with van der Waals surface area (Å²) in [5, 5.41) is -0.442. The van der Waals surface area contributed by atoms with Gasteiger partial charge in [-0.1, -0.05) is 0 Å². The molecule has 0 amide bonds. The Morgan fingerprint density at radius 2 is 1.44 bits per heavy atom. The molecule has 2 unspecified atom stereocenters. The van der Waals surface area contributed by atoms with Gasteiger partial charge in [-0.25, -0.2) is 0 Å². The number of hydrogen-bond donors (Lipinski definition) is 0. The first kappa shape index (κ1) is 8.69. The van der Waals surface area contributed by atoms with Crippen molar-refractivity contribution in [1.29, 1.82) is 0 Å². The van der Waals surface area contributed by atoms with Gasteiger partial charge in [0.2, 0.25) is 12.6 Å². The molecular weight excluding hydrogens is 136 g/mol. The van der Waals surface area contributed by atoms with E-state index in [1.807, 2.05) is 0 Å². The highest BCUT2D eigenvalue weighted by molar-refractivity contribution is 8.01. The number of carbonyl (C=O) groups excluding carboxylic acids is 2. The van der Waals surface area contributed by atoms with Crippen molar-refractivity contribution in [3.05, 3.63) is 0 Å². The molecule has 0 aromatic rings. The normalized spacial score (nSPS) is 16.2. The van der Waals surface area contributed by atoms with E-state index in [1.54, 1.807) is 26.4 Å². The summed E-state index contributed by atoms with van der Waals surface area (Å²) < 4.78 is 0. The molecule has 0 aromatic heterocycles. The first-order chi connectivity index (χ1) is 4.20. The second-order valence-corrected chi connectivity index (χ2v) is 3.34. The maximum absolute atomic E-state index is 9.88. The van der Waals surface area contributed by atoms with Crippen LogP contribution in [0.4, 0.5) is 0 Å². The standard InChI is InChI=1S/C6H8O2S/c1-5(3-7)9-6(2)4-8/h5-6H,1-2H3. The Hall–Kier alpha value is -0.310. The van der Waals surface area contributed by atoms with Gasteiger partial charge in [-0.2, -0.15) is 0 Å². The van der Waals surface area contributed by atoms with Crippen molar-refractivity contribution in [3.63, 3.8) is 0 Å². The average Bonchev–Trinajstić information content (AvgIpc) is 1.87. The summed E-state index contributed by atoms with van der Waals surface area (Å²) in [5.41, 5.74) is 0. The van der Waals surface area contributed by atoms with Gasteiger partial charge in [0.25, 0.3) is 0 Å². The van der Waals surface area contributed by atoms with Gasteiger partial charge < -0.3 is 0 Å². The third-order valence-electron chi connectivity index (χ3n) is 0.740. The van der Waals surface area contributed by atoms with Crippen LogP contribution >= 0.6 is 11.8 Å². The van der Waals surface area contributed by atoms with Gasteiger partial charge in [-0.05, 0) is 13.8 Å². The van der Waals surface area contributed by atoms with Gasteiger partial charge in [-0.15, -0.1) is 11.8 Å². The van der Waals surface area contributed by atoms with E-state index in [0.29, 0.717) is 0 Å². The molecule has 9 heavy (non-hydrogen) atoms. The lowest BCUT2D eigenvalue weighted by Crippen LogP contribution is -2.06. The van der Waals surface area contributed by atoms with Crippen molar-refractivity contribution < 1.29 is 9.59 Å². The number of rotatable bonds is 4. The second kappa shape index (κ2) is 4.56. The molecule has 0 aliphatic heterocycles. The van der Waals surface area contributed by atoms with Crippen molar-refractivity contribution in [1.82, 2.24) is 0 Å². The molecule has 0 saturated heterocycles. The fourth-order valence-electron chi connectivity index (χ4n) is 0.362. The predicted molar refractivity (Wildman–Crippen MR) is 37.9 cm³/mol. The smallest absolute Gasteiger partial charge is 0.212 e. The fraction of sp³-hybridized carbons (Fsp3) is 0.667. The van der Waals surface area contributed by atoms with E-state index in [1.165, 1.54) is 11.8 Å². The Kier molecular flexibility index (Phi) is 4.40. The Morgan fingerprint density at radius 3 is 1.67 bits per heavy atom. The van der Waals surface area contributed by atoms with Crippen LogP contribution in [0.25, 0.3) is 0 Å². The highest BCUT2D eigenvalue weighted by Gasteiger charge is 2.07. The minimum absolute atomic E-state index is 0.221. The van der Waals surface area contributed by atoms with E-state index in [9.17, 15) is 9.59 Å². The summed E-state index contributed by atoms with van der Waals surface area (Å²) >= 11 is 1.25. The summed E-state index contributed by atoms with van der Waals surface area (Å²) in [5.74, 6) is 0. The van der Waals surface area contributed by atoms with Gasteiger partial charge in [-0.3, -0.25) is 9.59 Å². The molecule has 0 aliphatic carbocycles. The topological polar surface area (TPSA) is 34.1 Å². The summed E-state index contributed by atoms with van der Waals surface area (Å²) in [6.07, 6.45) is 3.53. The molecule has 3 heteroatoms. The molecule has 2 atom stereocenters. The van der Waals surface area contributed by atoms with Crippen LogP contribution in [0.3, 0.4) is 0 Å². The summed E-state index contributed by atoms with van der Waals surface area (Å²) in [7, 11) is 0. The largest absolute Gasteiger partial charge is 0.290 e. The van der Waals surface area contributed by atoms with Crippen LogP contribution in [0.2, 0.25) is 0 Å². The van der Waals surface area contributed by atoms with E-state index in [4.69, 9.17) is 0 Å². The summed E-state index contributed by atoms with van der Waals surface area (Å²) in [6, 6.07) is 0. The van der Waals surface area contributed by atoms with Crippen LogP contribution in [0, 0.1) is 0 Å². The van der Waals surface area contributed by atoms with Gasteiger partial charge in [0, 0.05) is 0 Å². The SMILES string of the molecule is CC([C]=O)SC(C)[C]=O. The number of thioether (sulfide) groups is 1. The van der Waals surface area contributed by atoms with Gasteiger partial charge in [0.05, 0.1) is 10.5 Å². The van der Waals surface area contributed by atoms with E-state index in [0.717, 1.165) is 0 Å². The molecule has 0 fully saturated rings. The lowest BCUT2D eigenvalue weighted by molar-refractivity contribution is 0.553. The maximum Gasteiger partial charge on any atom is 0.212 e. The lowest BCUT2D eigenvalue weighted by atomic mass is 10.5. The van der Waals surface area contributed by atoms with E-state index >= 15 is 0 Å². The zero-order chi connectivity index (χ0) is 7.28. The molecule has 2 radical (unpaired) electrons. The average molecular weight is 144 g/mol. The molecule has 50 valence electrons. The molecule has 0 heterocycles. The highest BCUT2D eigenvalue weighted by Crippen LogP contribution is 2.12.